The van der Waals surface area contributed by atoms with E-state index in [0.717, 1.165) is 17.2 Å². The van der Waals surface area contributed by atoms with E-state index in [-0.39, 0.29) is 23.5 Å². The number of carbonyl (C=O) groups is 1. The molecular weight excluding hydrogens is 465 g/mol. The van der Waals surface area contributed by atoms with Crippen LogP contribution in [0, 0.1) is 0 Å². The van der Waals surface area contributed by atoms with E-state index in [2.05, 4.69) is 0 Å². The van der Waals surface area contributed by atoms with Crippen LogP contribution in [0.25, 0.3) is 22.1 Å². The molecule has 6 nitrogen and oxygen atoms in total. The summed E-state index contributed by atoms with van der Waals surface area (Å²) in [6.45, 7) is 1.90. The SMILES string of the molecule is CCCOC(=O)Oc1ccc2c(=O)c(Oc3ccc(-c4ccccc4)cc3)c(C(F)(F)F)oc2c1. The van der Waals surface area contributed by atoms with Crippen LogP contribution in [0.3, 0.4) is 0 Å². The van der Waals surface area contributed by atoms with Crippen LogP contribution in [0.2, 0.25) is 0 Å². The summed E-state index contributed by atoms with van der Waals surface area (Å²) in [5.41, 5.74) is 0.294. The van der Waals surface area contributed by atoms with Crippen LogP contribution in [0.1, 0.15) is 19.1 Å². The van der Waals surface area contributed by atoms with E-state index in [1.807, 2.05) is 30.3 Å². The van der Waals surface area contributed by atoms with Crippen LogP contribution < -0.4 is 14.9 Å². The first kappa shape index (κ1) is 23.9. The van der Waals surface area contributed by atoms with Gasteiger partial charge in [0, 0.05) is 6.07 Å². The molecule has 0 radical (unpaired) electrons. The Bertz CT molecular complexity index is 1390. The van der Waals surface area contributed by atoms with E-state index in [0.29, 0.717) is 6.42 Å². The summed E-state index contributed by atoms with van der Waals surface area (Å²) in [4.78, 5) is 24.6. The summed E-state index contributed by atoms with van der Waals surface area (Å²) >= 11 is 0. The molecule has 35 heavy (non-hydrogen) atoms. The second-order valence-electron chi connectivity index (χ2n) is 7.44. The number of ether oxygens (including phenoxy) is 3. The van der Waals surface area contributed by atoms with Gasteiger partial charge in [0.05, 0.1) is 12.0 Å². The molecule has 0 unspecified atom stereocenters. The van der Waals surface area contributed by atoms with Gasteiger partial charge in [0.2, 0.25) is 11.2 Å². The van der Waals surface area contributed by atoms with Crippen molar-refractivity contribution in [3.8, 4) is 28.4 Å². The van der Waals surface area contributed by atoms with E-state index >= 15 is 0 Å². The average Bonchev–Trinajstić information content (AvgIpc) is 2.84. The first-order valence-corrected chi connectivity index (χ1v) is 10.6. The van der Waals surface area contributed by atoms with Crippen LogP contribution >= 0.6 is 0 Å². The topological polar surface area (TPSA) is 75.0 Å². The molecule has 4 aromatic rings. The van der Waals surface area contributed by atoms with Crippen molar-refractivity contribution in [2.45, 2.75) is 19.5 Å². The zero-order valence-electron chi connectivity index (χ0n) is 18.4. The molecule has 0 aliphatic heterocycles. The predicted molar refractivity (Wildman–Crippen MR) is 122 cm³/mol. The first-order chi connectivity index (χ1) is 16.8. The summed E-state index contributed by atoms with van der Waals surface area (Å²) in [5.74, 6) is -2.71. The highest BCUT2D eigenvalue weighted by molar-refractivity contribution is 5.80. The van der Waals surface area contributed by atoms with Crippen molar-refractivity contribution in [2.24, 2.45) is 0 Å². The lowest BCUT2D eigenvalue weighted by molar-refractivity contribution is -0.154. The van der Waals surface area contributed by atoms with Gasteiger partial charge in [-0.25, -0.2) is 4.79 Å². The number of halogens is 3. The normalized spacial score (nSPS) is 11.3. The second-order valence-corrected chi connectivity index (χ2v) is 7.44. The lowest BCUT2D eigenvalue weighted by Crippen LogP contribution is -2.16. The molecule has 0 amide bonds. The third-order valence-corrected chi connectivity index (χ3v) is 4.89. The van der Waals surface area contributed by atoms with Crippen LogP contribution in [-0.2, 0) is 10.9 Å². The number of benzene rings is 3. The zero-order valence-corrected chi connectivity index (χ0v) is 18.4. The second kappa shape index (κ2) is 9.92. The molecular formula is C26H19F3O6. The zero-order chi connectivity index (χ0) is 25.0. The molecule has 0 aliphatic carbocycles. The van der Waals surface area contributed by atoms with Crippen LogP contribution in [0.4, 0.5) is 18.0 Å². The van der Waals surface area contributed by atoms with Crippen molar-refractivity contribution in [3.63, 3.8) is 0 Å². The molecule has 180 valence electrons. The van der Waals surface area contributed by atoms with Gasteiger partial charge in [-0.3, -0.25) is 4.79 Å². The number of fused-ring (bicyclic) bond motifs is 1. The molecule has 0 aliphatic rings. The molecule has 3 aromatic carbocycles. The predicted octanol–water partition coefficient (Wildman–Crippen LogP) is 7.20. The molecule has 0 atom stereocenters. The Morgan fingerprint density at radius 3 is 2.23 bits per heavy atom. The molecule has 0 saturated heterocycles. The van der Waals surface area contributed by atoms with E-state index in [1.165, 1.54) is 24.3 Å². The van der Waals surface area contributed by atoms with Gasteiger partial charge >= 0.3 is 12.3 Å². The van der Waals surface area contributed by atoms with Gasteiger partial charge in [-0.05, 0) is 41.8 Å². The fourth-order valence-corrected chi connectivity index (χ4v) is 3.27. The van der Waals surface area contributed by atoms with Crippen LogP contribution in [0.5, 0.6) is 17.2 Å². The highest BCUT2D eigenvalue weighted by Crippen LogP contribution is 2.39. The van der Waals surface area contributed by atoms with Gasteiger partial charge in [-0.2, -0.15) is 13.2 Å². The Morgan fingerprint density at radius 1 is 0.914 bits per heavy atom. The van der Waals surface area contributed by atoms with Gasteiger partial charge in [-0.15, -0.1) is 0 Å². The minimum Gasteiger partial charge on any atom is -0.449 e. The van der Waals surface area contributed by atoms with Gasteiger partial charge in [0.1, 0.15) is 17.1 Å². The van der Waals surface area contributed by atoms with Gasteiger partial charge in [0.25, 0.3) is 5.76 Å². The Hall–Kier alpha value is -4.27. The Labute approximate surface area is 197 Å². The monoisotopic (exact) mass is 484 g/mol. The Balaban J connectivity index is 1.69. The van der Waals surface area contributed by atoms with Crippen molar-refractivity contribution < 1.29 is 36.6 Å². The Kier molecular flexibility index (Phi) is 6.77. The van der Waals surface area contributed by atoms with Crippen LogP contribution in [0.15, 0.2) is 82.0 Å². The number of carbonyl (C=O) groups excluding carboxylic acids is 1. The highest BCUT2D eigenvalue weighted by Gasteiger charge is 2.40. The van der Waals surface area contributed by atoms with Crippen molar-refractivity contribution in [3.05, 3.63) is 88.8 Å². The molecule has 0 spiro atoms. The van der Waals surface area contributed by atoms with Crippen molar-refractivity contribution >= 4 is 17.1 Å². The van der Waals surface area contributed by atoms with Gasteiger partial charge in [-0.1, -0.05) is 49.4 Å². The van der Waals surface area contributed by atoms with Crippen molar-refractivity contribution in [2.75, 3.05) is 6.61 Å². The maximum atomic E-state index is 13.8. The molecule has 0 N–H and O–H groups in total. The van der Waals surface area contributed by atoms with Crippen molar-refractivity contribution in [1.29, 1.82) is 0 Å². The summed E-state index contributed by atoms with van der Waals surface area (Å²) in [6.07, 6.45) is -5.48. The lowest BCUT2D eigenvalue weighted by atomic mass is 10.1. The number of hydrogen-bond donors (Lipinski definition) is 0. The Morgan fingerprint density at radius 2 is 1.57 bits per heavy atom. The molecule has 9 heteroatoms. The molecule has 1 heterocycles. The van der Waals surface area contributed by atoms with E-state index in [9.17, 15) is 22.8 Å². The maximum absolute atomic E-state index is 13.8. The molecule has 0 fully saturated rings. The molecule has 0 bridgehead atoms. The number of alkyl halides is 3. The summed E-state index contributed by atoms with van der Waals surface area (Å²) in [5, 5.41) is -0.178. The summed E-state index contributed by atoms with van der Waals surface area (Å²) < 4.78 is 61.4. The smallest absolute Gasteiger partial charge is 0.449 e. The lowest BCUT2D eigenvalue weighted by Gasteiger charge is -2.14. The standard InChI is InChI=1S/C26H19F3O6/c1-2-14-32-25(31)34-19-12-13-20-21(15-19)35-24(26(27,28)29)23(22(20)30)33-18-10-8-17(9-11-18)16-6-4-3-5-7-16/h3-13,15H,2,14H2,1H3. The number of rotatable bonds is 6. The van der Waals surface area contributed by atoms with Gasteiger partial charge < -0.3 is 18.6 Å². The van der Waals surface area contributed by atoms with Gasteiger partial charge in [0.15, 0.2) is 0 Å². The van der Waals surface area contributed by atoms with E-state index < -0.39 is 34.9 Å². The first-order valence-electron chi connectivity index (χ1n) is 10.6. The molecule has 0 saturated carbocycles. The minimum atomic E-state index is -5.02. The molecule has 1 aromatic heterocycles. The fraction of sp³-hybridized carbons (Fsp3) is 0.154. The maximum Gasteiger partial charge on any atom is 0.513 e. The average molecular weight is 484 g/mol. The summed E-state index contributed by atoms with van der Waals surface area (Å²) in [7, 11) is 0. The largest absolute Gasteiger partial charge is 0.513 e. The van der Waals surface area contributed by atoms with Crippen molar-refractivity contribution in [1.82, 2.24) is 0 Å². The fourth-order valence-electron chi connectivity index (χ4n) is 3.27. The third-order valence-electron chi connectivity index (χ3n) is 4.89. The highest BCUT2D eigenvalue weighted by atomic mass is 19.4. The van der Waals surface area contributed by atoms with E-state index in [1.54, 1.807) is 19.1 Å². The quantitative estimate of drug-likeness (QED) is 0.213. The molecule has 4 rings (SSSR count). The van der Waals surface area contributed by atoms with E-state index in [4.69, 9.17) is 18.6 Å². The third kappa shape index (κ3) is 5.46. The summed E-state index contributed by atoms with van der Waals surface area (Å²) in [6, 6.07) is 19.1. The van der Waals surface area contributed by atoms with Crippen LogP contribution in [-0.4, -0.2) is 12.8 Å². The number of hydrogen-bond acceptors (Lipinski definition) is 6. The minimum absolute atomic E-state index is 0.0282.